The van der Waals surface area contributed by atoms with Crippen molar-refractivity contribution in [3.63, 3.8) is 0 Å². The summed E-state index contributed by atoms with van der Waals surface area (Å²) in [5.41, 5.74) is 0.478. The number of hydrogen-bond donors (Lipinski definition) is 2. The quantitative estimate of drug-likeness (QED) is 0.270. The van der Waals surface area contributed by atoms with E-state index in [-0.39, 0.29) is 42.4 Å². The number of hydrogen-bond acceptors (Lipinski definition) is 5. The van der Waals surface area contributed by atoms with Crippen LogP contribution in [0.4, 0.5) is 13.2 Å². The van der Waals surface area contributed by atoms with Crippen molar-refractivity contribution in [3.8, 4) is 5.88 Å². The topological polar surface area (TPSA) is 74.9 Å². The molecule has 3 heterocycles. The first kappa shape index (κ1) is 26.2. The van der Waals surface area contributed by atoms with E-state index in [1.165, 1.54) is 6.20 Å². The lowest BCUT2D eigenvalue weighted by molar-refractivity contribution is -0.154. The summed E-state index contributed by atoms with van der Waals surface area (Å²) in [6.07, 6.45) is 0.958. The Balaban J connectivity index is 0.00000363. The van der Waals surface area contributed by atoms with Gasteiger partial charge in [-0.05, 0) is 51.1 Å². The standard InChI is InChI=1S/C21H28F3N5O2.HI/c1-2-25-20(27-13-16-7-5-9-26-19(16)31-15-21(22,23)24)28-14-17(18-8-6-12-30-18)29-10-3-4-11-29;/h5-9,12,17H,2-4,10-11,13-15H2,1H3,(H2,25,27,28);1H. The van der Waals surface area contributed by atoms with Crippen LogP contribution in [0.1, 0.15) is 37.1 Å². The molecule has 0 aliphatic carbocycles. The second-order valence-electron chi connectivity index (χ2n) is 7.22. The molecule has 11 heteroatoms. The maximum absolute atomic E-state index is 12.5. The van der Waals surface area contributed by atoms with Gasteiger partial charge in [-0.15, -0.1) is 24.0 Å². The van der Waals surface area contributed by atoms with Crippen molar-refractivity contribution in [1.29, 1.82) is 0 Å². The van der Waals surface area contributed by atoms with Crippen LogP contribution in [0, 0.1) is 0 Å². The van der Waals surface area contributed by atoms with Gasteiger partial charge in [0, 0.05) is 24.8 Å². The maximum atomic E-state index is 12.5. The third kappa shape index (κ3) is 8.15. The Morgan fingerprint density at radius 3 is 2.69 bits per heavy atom. The van der Waals surface area contributed by atoms with Gasteiger partial charge in [0.2, 0.25) is 5.88 Å². The van der Waals surface area contributed by atoms with Crippen LogP contribution in [0.3, 0.4) is 0 Å². The molecule has 2 N–H and O–H groups in total. The molecule has 0 bridgehead atoms. The molecule has 2 aromatic rings. The highest BCUT2D eigenvalue weighted by molar-refractivity contribution is 14.0. The van der Waals surface area contributed by atoms with Crippen molar-refractivity contribution < 1.29 is 22.3 Å². The summed E-state index contributed by atoms with van der Waals surface area (Å²) >= 11 is 0. The Labute approximate surface area is 202 Å². The summed E-state index contributed by atoms with van der Waals surface area (Å²) in [5.74, 6) is 1.38. The first-order valence-electron chi connectivity index (χ1n) is 10.4. The number of aliphatic imine (C=N–C) groups is 1. The summed E-state index contributed by atoms with van der Waals surface area (Å²) in [7, 11) is 0. The van der Waals surface area contributed by atoms with E-state index >= 15 is 0 Å². The van der Waals surface area contributed by atoms with Gasteiger partial charge in [0.25, 0.3) is 0 Å². The predicted molar refractivity (Wildman–Crippen MR) is 126 cm³/mol. The lowest BCUT2D eigenvalue weighted by Gasteiger charge is -2.26. The number of likely N-dealkylation sites (tertiary alicyclic amines) is 1. The van der Waals surface area contributed by atoms with Gasteiger partial charge in [0.1, 0.15) is 5.76 Å². The molecule has 0 radical (unpaired) electrons. The number of pyridine rings is 1. The number of nitrogens with zero attached hydrogens (tertiary/aromatic N) is 3. The molecule has 1 saturated heterocycles. The highest BCUT2D eigenvalue weighted by Crippen LogP contribution is 2.25. The van der Waals surface area contributed by atoms with Gasteiger partial charge in [-0.25, -0.2) is 9.98 Å². The first-order chi connectivity index (χ1) is 15.0. The fraction of sp³-hybridized carbons (Fsp3) is 0.524. The van der Waals surface area contributed by atoms with Crippen molar-refractivity contribution >= 4 is 29.9 Å². The fourth-order valence-electron chi connectivity index (χ4n) is 3.47. The molecular weight excluding hydrogens is 538 g/mol. The maximum Gasteiger partial charge on any atom is 0.422 e. The van der Waals surface area contributed by atoms with Crippen molar-refractivity contribution in [2.45, 2.75) is 38.5 Å². The third-order valence-electron chi connectivity index (χ3n) is 4.89. The molecule has 178 valence electrons. The summed E-state index contributed by atoms with van der Waals surface area (Å²) < 4.78 is 48.0. The summed E-state index contributed by atoms with van der Waals surface area (Å²) in [6.45, 7) is 3.94. The summed E-state index contributed by atoms with van der Waals surface area (Å²) in [6, 6.07) is 7.22. The SMILES string of the molecule is CCNC(=NCc1cccnc1OCC(F)(F)F)NCC(c1ccco1)N1CCCC1.I. The minimum atomic E-state index is -4.43. The zero-order chi connectivity index (χ0) is 22.1. The molecule has 2 aromatic heterocycles. The van der Waals surface area contributed by atoms with Gasteiger partial charge >= 0.3 is 6.18 Å². The average Bonchev–Trinajstić information content (AvgIpc) is 3.45. The molecule has 1 aliphatic rings. The number of halogens is 4. The Bertz CT molecular complexity index is 827. The molecule has 3 rings (SSSR count). The number of rotatable bonds is 9. The second-order valence-corrected chi connectivity index (χ2v) is 7.22. The van der Waals surface area contributed by atoms with E-state index in [1.54, 1.807) is 18.4 Å². The summed E-state index contributed by atoms with van der Waals surface area (Å²) in [4.78, 5) is 10.8. The highest BCUT2D eigenvalue weighted by Gasteiger charge is 2.29. The molecule has 0 spiro atoms. The molecule has 1 fully saturated rings. The molecule has 0 amide bonds. The van der Waals surface area contributed by atoms with Crippen LogP contribution in [-0.4, -0.2) is 54.8 Å². The highest BCUT2D eigenvalue weighted by atomic mass is 127. The van der Waals surface area contributed by atoms with Gasteiger partial charge in [-0.2, -0.15) is 13.2 Å². The van der Waals surface area contributed by atoms with Crippen LogP contribution in [-0.2, 0) is 6.54 Å². The largest absolute Gasteiger partial charge is 0.468 e. The van der Waals surface area contributed by atoms with E-state index in [0.29, 0.717) is 24.6 Å². The Morgan fingerprint density at radius 1 is 1.25 bits per heavy atom. The van der Waals surface area contributed by atoms with E-state index in [4.69, 9.17) is 9.15 Å². The Morgan fingerprint density at radius 2 is 2.03 bits per heavy atom. The third-order valence-corrected chi connectivity index (χ3v) is 4.89. The van der Waals surface area contributed by atoms with Crippen molar-refractivity contribution in [3.05, 3.63) is 48.0 Å². The lowest BCUT2D eigenvalue weighted by Crippen LogP contribution is -2.42. The van der Waals surface area contributed by atoms with Crippen LogP contribution in [0.2, 0.25) is 0 Å². The molecule has 32 heavy (non-hydrogen) atoms. The predicted octanol–water partition coefficient (Wildman–Crippen LogP) is 4.13. The second kappa shape index (κ2) is 12.9. The fourth-order valence-corrected chi connectivity index (χ4v) is 3.47. The smallest absolute Gasteiger partial charge is 0.422 e. The van der Waals surface area contributed by atoms with Gasteiger partial charge in [0.05, 0.1) is 18.8 Å². The van der Waals surface area contributed by atoms with Gasteiger partial charge in [0.15, 0.2) is 12.6 Å². The number of ether oxygens (including phenoxy) is 1. The number of furan rings is 1. The summed E-state index contributed by atoms with van der Waals surface area (Å²) in [5, 5.41) is 6.50. The van der Waals surface area contributed by atoms with Gasteiger partial charge in [-0.3, -0.25) is 4.90 Å². The van der Waals surface area contributed by atoms with E-state index in [2.05, 4.69) is 25.5 Å². The van der Waals surface area contributed by atoms with E-state index in [0.717, 1.165) is 31.7 Å². The molecule has 1 aliphatic heterocycles. The Kier molecular flexibility index (Phi) is 10.6. The van der Waals surface area contributed by atoms with Crippen molar-refractivity contribution in [2.24, 2.45) is 4.99 Å². The monoisotopic (exact) mass is 567 g/mol. The normalized spacial score (nSPS) is 15.8. The molecule has 1 atom stereocenters. The molecule has 0 aromatic carbocycles. The number of guanidine groups is 1. The molecule has 1 unspecified atom stereocenters. The zero-order valence-corrected chi connectivity index (χ0v) is 20.2. The molecule has 0 saturated carbocycles. The van der Waals surface area contributed by atoms with Crippen molar-refractivity contribution in [1.82, 2.24) is 20.5 Å². The number of nitrogens with one attached hydrogen (secondary N) is 2. The van der Waals surface area contributed by atoms with Crippen LogP contribution in [0.15, 0.2) is 46.1 Å². The zero-order valence-electron chi connectivity index (χ0n) is 17.9. The number of aromatic nitrogens is 1. The van der Waals surface area contributed by atoms with Gasteiger partial charge in [-0.1, -0.05) is 6.07 Å². The van der Waals surface area contributed by atoms with E-state index < -0.39 is 12.8 Å². The van der Waals surface area contributed by atoms with E-state index in [1.807, 2.05) is 19.1 Å². The van der Waals surface area contributed by atoms with Crippen molar-refractivity contribution in [2.75, 3.05) is 32.8 Å². The van der Waals surface area contributed by atoms with Crippen LogP contribution in [0.5, 0.6) is 5.88 Å². The average molecular weight is 567 g/mol. The minimum absolute atomic E-state index is 0. The number of alkyl halides is 3. The lowest BCUT2D eigenvalue weighted by atomic mass is 10.2. The van der Waals surface area contributed by atoms with Gasteiger partial charge < -0.3 is 19.8 Å². The molecular formula is C21H29F3IN5O2. The minimum Gasteiger partial charge on any atom is -0.468 e. The van der Waals surface area contributed by atoms with Crippen LogP contribution < -0.4 is 15.4 Å². The first-order valence-corrected chi connectivity index (χ1v) is 10.4. The van der Waals surface area contributed by atoms with Crippen LogP contribution in [0.25, 0.3) is 0 Å². The van der Waals surface area contributed by atoms with Crippen LogP contribution >= 0.6 is 24.0 Å². The molecule has 7 nitrogen and oxygen atoms in total. The van der Waals surface area contributed by atoms with E-state index in [9.17, 15) is 13.2 Å². The Hall–Kier alpha value is -2.02.